The van der Waals surface area contributed by atoms with Crippen LogP contribution in [0.4, 0.5) is 14.5 Å². The van der Waals surface area contributed by atoms with E-state index in [4.69, 9.17) is 21.1 Å². The highest BCUT2D eigenvalue weighted by atomic mass is 35.5. The van der Waals surface area contributed by atoms with Crippen LogP contribution in [0, 0.1) is 23.0 Å². The summed E-state index contributed by atoms with van der Waals surface area (Å²) in [4.78, 5) is 18.5. The molecule has 10 heteroatoms. The van der Waals surface area contributed by atoms with Crippen molar-refractivity contribution < 1.29 is 28.2 Å². The van der Waals surface area contributed by atoms with Crippen molar-refractivity contribution in [2.24, 2.45) is 11.3 Å². The van der Waals surface area contributed by atoms with E-state index < -0.39 is 23.4 Å². The number of nitrogens with zero attached hydrogens (tertiary/aromatic N) is 2. The third kappa shape index (κ3) is 6.55. The molecule has 38 heavy (non-hydrogen) atoms. The second-order valence-electron chi connectivity index (χ2n) is 10.9. The van der Waals surface area contributed by atoms with Crippen LogP contribution in [-0.2, 0) is 22.5 Å². The van der Waals surface area contributed by atoms with Crippen molar-refractivity contribution in [3.63, 3.8) is 0 Å². The summed E-state index contributed by atoms with van der Waals surface area (Å²) < 4.78 is 40.2. The molecule has 0 aliphatic carbocycles. The molecule has 2 aliphatic heterocycles. The highest BCUT2D eigenvalue weighted by Crippen LogP contribution is 2.44. The van der Waals surface area contributed by atoms with Gasteiger partial charge in [0, 0.05) is 44.0 Å². The van der Waals surface area contributed by atoms with E-state index >= 15 is 0 Å². The Morgan fingerprint density at radius 1 is 1.24 bits per heavy atom. The van der Waals surface area contributed by atoms with Crippen molar-refractivity contribution in [1.82, 2.24) is 10.3 Å². The molecule has 0 bridgehead atoms. The summed E-state index contributed by atoms with van der Waals surface area (Å²) in [7, 11) is 1.21. The molecule has 3 heterocycles. The van der Waals surface area contributed by atoms with E-state index in [2.05, 4.69) is 29.0 Å². The molecular weight excluding hydrogens is 516 g/mol. The van der Waals surface area contributed by atoms with Crippen LogP contribution in [0.2, 0.25) is 5.15 Å². The number of carboxylic acid groups (broad SMARTS) is 1. The average molecular weight is 552 g/mol. The van der Waals surface area contributed by atoms with Gasteiger partial charge in [-0.3, -0.25) is 4.79 Å². The maximum atomic E-state index is 14.9. The van der Waals surface area contributed by atoms with Gasteiger partial charge in [0.1, 0.15) is 5.15 Å². The van der Waals surface area contributed by atoms with Crippen LogP contribution < -0.4 is 15.0 Å². The number of carbonyl (C=O) groups is 1. The van der Waals surface area contributed by atoms with Crippen molar-refractivity contribution in [2.45, 2.75) is 52.5 Å². The fraction of sp³-hybridized carbons (Fsp3) is 0.571. The lowest BCUT2D eigenvalue weighted by molar-refractivity contribution is -0.136. The first-order chi connectivity index (χ1) is 18.1. The Bertz CT molecular complexity index is 1140. The monoisotopic (exact) mass is 551 g/mol. The van der Waals surface area contributed by atoms with Gasteiger partial charge in [0.15, 0.2) is 17.4 Å². The minimum atomic E-state index is -1.06. The number of ether oxygens (including phenoxy) is 2. The molecule has 1 aromatic heterocycles. The predicted molar refractivity (Wildman–Crippen MR) is 143 cm³/mol. The van der Waals surface area contributed by atoms with Gasteiger partial charge in [-0.2, -0.15) is 0 Å². The Hall–Kier alpha value is -2.49. The number of aromatic nitrogens is 1. The molecule has 0 unspecified atom stereocenters. The van der Waals surface area contributed by atoms with Crippen molar-refractivity contribution in [3.8, 4) is 16.9 Å². The zero-order valence-electron chi connectivity index (χ0n) is 22.2. The second kappa shape index (κ2) is 12.1. The first-order valence-electron chi connectivity index (χ1n) is 13.1. The molecule has 7 nitrogen and oxygen atoms in total. The third-order valence-corrected chi connectivity index (χ3v) is 7.92. The maximum Gasteiger partial charge on any atom is 0.308 e. The SMILES string of the molecule is COc1c(F)cc(-c2c(CNCC3CCOCC3)nc(Cl)c(CC(=O)O)c2N2CCC(C)(C)CC2)cc1F. The number of carboxylic acids is 1. The minimum Gasteiger partial charge on any atom is -0.491 e. The number of methoxy groups -OCH3 is 1. The summed E-state index contributed by atoms with van der Waals surface area (Å²) in [6.45, 7) is 8.20. The maximum absolute atomic E-state index is 14.9. The number of hydrogen-bond acceptors (Lipinski definition) is 6. The standard InChI is InChI=1S/C28H36ClF2N3O4/c1-28(2)6-8-34(9-7-28)25-19(14-23(35)36)27(29)33-22(16-32-15-17-4-10-38-11-5-17)24(25)18-12-20(30)26(37-3)21(31)13-18/h12-13,17,32H,4-11,14-16H2,1-3H3,(H,35,36). The van der Waals surface area contributed by atoms with Gasteiger partial charge in [0.25, 0.3) is 0 Å². The van der Waals surface area contributed by atoms with Gasteiger partial charge in [0.05, 0.1) is 24.9 Å². The van der Waals surface area contributed by atoms with Crippen LogP contribution in [-0.4, -0.2) is 56.0 Å². The minimum absolute atomic E-state index is 0.0910. The topological polar surface area (TPSA) is 83.9 Å². The molecular formula is C28H36ClF2N3O4. The quantitative estimate of drug-likeness (QED) is 0.400. The molecule has 0 saturated carbocycles. The van der Waals surface area contributed by atoms with Crippen LogP contribution >= 0.6 is 11.6 Å². The van der Waals surface area contributed by atoms with Crippen molar-refractivity contribution in [3.05, 3.63) is 40.2 Å². The van der Waals surface area contributed by atoms with E-state index in [0.29, 0.717) is 48.1 Å². The largest absolute Gasteiger partial charge is 0.491 e. The Kier molecular flexibility index (Phi) is 9.11. The van der Waals surface area contributed by atoms with Crippen LogP contribution in [0.1, 0.15) is 50.8 Å². The molecule has 0 atom stereocenters. The van der Waals surface area contributed by atoms with Crippen LogP contribution in [0.5, 0.6) is 5.75 Å². The second-order valence-corrected chi connectivity index (χ2v) is 11.3. The third-order valence-electron chi connectivity index (χ3n) is 7.61. The van der Waals surface area contributed by atoms with Gasteiger partial charge in [0.2, 0.25) is 0 Å². The number of hydrogen-bond donors (Lipinski definition) is 2. The van der Waals surface area contributed by atoms with E-state index in [1.807, 2.05) is 0 Å². The number of rotatable bonds is 9. The van der Waals surface area contributed by atoms with E-state index in [1.165, 1.54) is 19.2 Å². The Morgan fingerprint density at radius 3 is 2.45 bits per heavy atom. The molecule has 0 spiro atoms. The number of halogens is 3. The zero-order chi connectivity index (χ0) is 27.4. The molecule has 1 aromatic carbocycles. The lowest BCUT2D eigenvalue weighted by Gasteiger charge is -2.40. The van der Waals surface area contributed by atoms with Crippen LogP contribution in [0.15, 0.2) is 12.1 Å². The van der Waals surface area contributed by atoms with Crippen molar-refractivity contribution in [2.75, 3.05) is 44.9 Å². The summed E-state index contributed by atoms with van der Waals surface area (Å²) in [6, 6.07) is 2.44. The van der Waals surface area contributed by atoms with Crippen LogP contribution in [0.3, 0.4) is 0 Å². The van der Waals surface area contributed by atoms with Crippen LogP contribution in [0.25, 0.3) is 11.1 Å². The number of nitrogens with one attached hydrogen (secondary N) is 1. The smallest absolute Gasteiger partial charge is 0.308 e. The zero-order valence-corrected chi connectivity index (χ0v) is 23.0. The fourth-order valence-electron chi connectivity index (χ4n) is 5.30. The van der Waals surface area contributed by atoms with Gasteiger partial charge in [-0.25, -0.2) is 13.8 Å². The first-order valence-corrected chi connectivity index (χ1v) is 13.5. The first kappa shape index (κ1) is 28.5. The molecule has 208 valence electrons. The van der Waals surface area contributed by atoms with Crippen molar-refractivity contribution >= 4 is 23.3 Å². The van der Waals surface area contributed by atoms with E-state index in [-0.39, 0.29) is 22.6 Å². The fourth-order valence-corrected chi connectivity index (χ4v) is 5.55. The number of aliphatic carboxylic acids is 1. The Morgan fingerprint density at radius 2 is 1.87 bits per heavy atom. The number of anilines is 1. The van der Waals surface area contributed by atoms with E-state index in [9.17, 15) is 18.7 Å². The summed E-state index contributed by atoms with van der Waals surface area (Å²) in [6.07, 6.45) is 3.30. The van der Waals surface area contributed by atoms with Gasteiger partial charge in [-0.05, 0) is 61.3 Å². The average Bonchev–Trinajstić information content (AvgIpc) is 2.86. The summed E-state index contributed by atoms with van der Waals surface area (Å²) >= 11 is 6.64. The highest BCUT2D eigenvalue weighted by molar-refractivity contribution is 6.31. The Labute approximate surface area is 227 Å². The molecule has 2 aromatic rings. The highest BCUT2D eigenvalue weighted by Gasteiger charge is 2.32. The molecule has 2 N–H and O–H groups in total. The number of piperidine rings is 1. The predicted octanol–water partition coefficient (Wildman–Crippen LogP) is 5.46. The van der Waals surface area contributed by atoms with Gasteiger partial charge in [-0.15, -0.1) is 0 Å². The number of benzene rings is 1. The molecule has 2 saturated heterocycles. The lowest BCUT2D eigenvalue weighted by Crippen LogP contribution is -2.38. The van der Waals surface area contributed by atoms with Gasteiger partial charge < -0.3 is 24.8 Å². The van der Waals surface area contributed by atoms with E-state index in [0.717, 1.165) is 45.4 Å². The molecule has 0 amide bonds. The lowest BCUT2D eigenvalue weighted by atomic mass is 9.82. The molecule has 0 radical (unpaired) electrons. The molecule has 2 fully saturated rings. The van der Waals surface area contributed by atoms with Crippen molar-refractivity contribution in [1.29, 1.82) is 0 Å². The Balaban J connectivity index is 1.84. The summed E-state index contributed by atoms with van der Waals surface area (Å²) in [5.41, 5.74) is 2.32. The molecule has 4 rings (SSSR count). The summed E-state index contributed by atoms with van der Waals surface area (Å²) in [5, 5.41) is 13.2. The number of pyridine rings is 1. The summed E-state index contributed by atoms with van der Waals surface area (Å²) in [5.74, 6) is -2.76. The normalized spacial score (nSPS) is 18.0. The van der Waals surface area contributed by atoms with Gasteiger partial charge >= 0.3 is 5.97 Å². The van der Waals surface area contributed by atoms with Gasteiger partial charge in [-0.1, -0.05) is 25.4 Å². The molecule has 2 aliphatic rings. The van der Waals surface area contributed by atoms with E-state index in [1.54, 1.807) is 0 Å².